The van der Waals surface area contributed by atoms with E-state index in [0.717, 1.165) is 16.9 Å². The minimum Gasteiger partial charge on any atom is -0.388 e. The molecule has 0 amide bonds. The first-order chi connectivity index (χ1) is 12.3. The van der Waals surface area contributed by atoms with Crippen LogP contribution in [0.3, 0.4) is 0 Å². The summed E-state index contributed by atoms with van der Waals surface area (Å²) in [7, 11) is 0. The maximum atomic E-state index is 10.7. The summed E-state index contributed by atoms with van der Waals surface area (Å²) >= 11 is 1.74. The molecule has 0 fully saturated rings. The molecule has 0 aliphatic carbocycles. The lowest BCUT2D eigenvalue weighted by Gasteiger charge is -2.20. The number of aliphatic hydroxyl groups is 1. The van der Waals surface area contributed by atoms with Crippen LogP contribution >= 0.6 is 11.8 Å². The van der Waals surface area contributed by atoms with Crippen molar-refractivity contribution >= 4 is 11.8 Å². The van der Waals surface area contributed by atoms with Crippen molar-refractivity contribution in [2.75, 3.05) is 5.75 Å². The second-order valence-electron chi connectivity index (χ2n) is 5.96. The van der Waals surface area contributed by atoms with Gasteiger partial charge in [0.15, 0.2) is 0 Å². The van der Waals surface area contributed by atoms with Gasteiger partial charge in [-0.1, -0.05) is 78.9 Å². The first-order valence-corrected chi connectivity index (χ1v) is 9.40. The van der Waals surface area contributed by atoms with E-state index in [1.807, 2.05) is 54.6 Å². The van der Waals surface area contributed by atoms with Crippen LogP contribution in [0.1, 0.15) is 11.7 Å². The van der Waals surface area contributed by atoms with Crippen LogP contribution in [0.25, 0.3) is 11.1 Å². The highest BCUT2D eigenvalue weighted by Crippen LogP contribution is 2.30. The van der Waals surface area contributed by atoms with Gasteiger partial charge in [0.1, 0.15) is 0 Å². The lowest BCUT2D eigenvalue weighted by Crippen LogP contribution is -2.12. The van der Waals surface area contributed by atoms with Gasteiger partial charge in [-0.3, -0.25) is 0 Å². The predicted molar refractivity (Wildman–Crippen MR) is 108 cm³/mol. The first-order valence-electron chi connectivity index (χ1n) is 8.42. The summed E-state index contributed by atoms with van der Waals surface area (Å²) < 4.78 is 0. The Morgan fingerprint density at radius 1 is 0.800 bits per heavy atom. The Labute approximate surface area is 154 Å². The van der Waals surface area contributed by atoms with Gasteiger partial charge in [-0.15, -0.1) is 18.3 Å². The normalized spacial score (nSPS) is 13.2. The van der Waals surface area contributed by atoms with Crippen LogP contribution in [-0.4, -0.2) is 10.9 Å². The largest absolute Gasteiger partial charge is 0.388 e. The third-order valence-electron chi connectivity index (χ3n) is 4.25. The summed E-state index contributed by atoms with van der Waals surface area (Å²) in [6.07, 6.45) is 1.31. The number of rotatable bonds is 7. The molecule has 25 heavy (non-hydrogen) atoms. The number of hydrogen-bond acceptors (Lipinski definition) is 2. The molecule has 0 spiro atoms. The SMILES string of the molecule is C=C[C@@H](CSc1ccccc1)[C@@H](O)c1ccc(-c2ccccc2)cc1. The molecule has 0 aliphatic rings. The molecule has 0 saturated heterocycles. The van der Waals surface area contributed by atoms with Crippen molar-refractivity contribution in [1.29, 1.82) is 0 Å². The van der Waals surface area contributed by atoms with Crippen LogP contribution in [-0.2, 0) is 0 Å². The molecule has 0 aliphatic heterocycles. The fraction of sp³-hybridized carbons (Fsp3) is 0.130. The minimum atomic E-state index is -0.543. The topological polar surface area (TPSA) is 20.2 Å². The monoisotopic (exact) mass is 346 g/mol. The molecule has 0 heterocycles. The maximum Gasteiger partial charge on any atom is 0.0860 e. The zero-order chi connectivity index (χ0) is 17.5. The molecule has 2 atom stereocenters. The molecule has 3 rings (SSSR count). The van der Waals surface area contributed by atoms with E-state index in [1.165, 1.54) is 10.5 Å². The molecule has 1 N–H and O–H groups in total. The quantitative estimate of drug-likeness (QED) is 0.419. The van der Waals surface area contributed by atoms with Gasteiger partial charge in [0.25, 0.3) is 0 Å². The van der Waals surface area contributed by atoms with Gasteiger partial charge >= 0.3 is 0 Å². The van der Waals surface area contributed by atoms with E-state index in [4.69, 9.17) is 0 Å². The molecular formula is C23H22OS. The molecule has 0 radical (unpaired) electrons. The van der Waals surface area contributed by atoms with Gasteiger partial charge in [-0.25, -0.2) is 0 Å². The number of benzene rings is 3. The summed E-state index contributed by atoms with van der Waals surface area (Å²) in [6, 6.07) is 28.7. The summed E-state index contributed by atoms with van der Waals surface area (Å²) in [5, 5.41) is 10.7. The van der Waals surface area contributed by atoms with Gasteiger partial charge in [-0.2, -0.15) is 0 Å². The molecule has 0 aromatic heterocycles. The van der Waals surface area contributed by atoms with Crippen LogP contribution < -0.4 is 0 Å². The van der Waals surface area contributed by atoms with Crippen LogP contribution in [0.15, 0.2) is 102 Å². The Balaban J connectivity index is 1.68. The first kappa shape index (κ1) is 17.5. The van der Waals surface area contributed by atoms with Crippen molar-refractivity contribution in [2.24, 2.45) is 5.92 Å². The third kappa shape index (κ3) is 4.62. The van der Waals surface area contributed by atoms with Crippen LogP contribution in [0, 0.1) is 5.92 Å². The van der Waals surface area contributed by atoms with E-state index >= 15 is 0 Å². The van der Waals surface area contributed by atoms with Crippen molar-refractivity contribution in [1.82, 2.24) is 0 Å². The second kappa shape index (κ2) is 8.70. The summed E-state index contributed by atoms with van der Waals surface area (Å²) in [5.74, 6) is 0.808. The maximum absolute atomic E-state index is 10.7. The predicted octanol–water partition coefficient (Wildman–Crippen LogP) is 5.98. The lowest BCUT2D eigenvalue weighted by molar-refractivity contribution is 0.142. The second-order valence-corrected chi connectivity index (χ2v) is 7.05. The van der Waals surface area contributed by atoms with Crippen molar-refractivity contribution in [3.8, 4) is 11.1 Å². The Kier molecular flexibility index (Phi) is 6.10. The summed E-state index contributed by atoms with van der Waals surface area (Å²) in [6.45, 7) is 3.91. The Hall–Kier alpha value is -2.29. The van der Waals surface area contributed by atoms with E-state index < -0.39 is 6.10 Å². The molecule has 1 nitrogen and oxygen atoms in total. The van der Waals surface area contributed by atoms with E-state index in [1.54, 1.807) is 11.8 Å². The molecule has 0 saturated carbocycles. The van der Waals surface area contributed by atoms with Crippen molar-refractivity contribution in [3.63, 3.8) is 0 Å². The van der Waals surface area contributed by atoms with Crippen LogP contribution in [0.5, 0.6) is 0 Å². The van der Waals surface area contributed by atoms with Gasteiger partial charge < -0.3 is 5.11 Å². The smallest absolute Gasteiger partial charge is 0.0860 e. The van der Waals surface area contributed by atoms with Crippen molar-refractivity contribution < 1.29 is 5.11 Å². The summed E-state index contributed by atoms with van der Waals surface area (Å²) in [4.78, 5) is 1.21. The van der Waals surface area contributed by atoms with E-state index in [2.05, 4.69) is 43.0 Å². The number of thioether (sulfide) groups is 1. The fourth-order valence-corrected chi connectivity index (χ4v) is 3.80. The average molecular weight is 346 g/mol. The third-order valence-corrected chi connectivity index (χ3v) is 5.41. The van der Waals surface area contributed by atoms with Crippen molar-refractivity contribution in [3.05, 3.63) is 103 Å². The molecule has 126 valence electrons. The van der Waals surface area contributed by atoms with Gasteiger partial charge in [-0.05, 0) is 28.8 Å². The molecule has 3 aromatic rings. The summed E-state index contributed by atoms with van der Waals surface area (Å²) in [5.41, 5.74) is 3.27. The van der Waals surface area contributed by atoms with E-state index in [-0.39, 0.29) is 5.92 Å². The zero-order valence-corrected chi connectivity index (χ0v) is 14.9. The molecule has 3 aromatic carbocycles. The van der Waals surface area contributed by atoms with Gasteiger partial charge in [0.2, 0.25) is 0 Å². The highest BCUT2D eigenvalue weighted by molar-refractivity contribution is 7.99. The average Bonchev–Trinajstić information content (AvgIpc) is 2.70. The standard InChI is InChI=1S/C23H22OS/c1-2-18(17-25-22-11-7-4-8-12-22)23(24)21-15-13-20(14-16-21)19-9-5-3-6-10-19/h2-16,18,23-24H,1,17H2/t18-,23+/m0/s1. The molecule has 0 bridgehead atoms. The van der Waals surface area contributed by atoms with Gasteiger partial charge in [0, 0.05) is 16.6 Å². The lowest BCUT2D eigenvalue weighted by atomic mass is 9.95. The van der Waals surface area contributed by atoms with Crippen LogP contribution in [0.2, 0.25) is 0 Å². The fourth-order valence-electron chi connectivity index (χ4n) is 2.75. The van der Waals surface area contributed by atoms with E-state index in [9.17, 15) is 5.11 Å². The number of aliphatic hydroxyl groups excluding tert-OH is 1. The molecule has 2 heteroatoms. The highest BCUT2D eigenvalue weighted by atomic mass is 32.2. The Bertz CT molecular complexity index is 781. The van der Waals surface area contributed by atoms with Crippen LogP contribution in [0.4, 0.5) is 0 Å². The van der Waals surface area contributed by atoms with Gasteiger partial charge in [0.05, 0.1) is 6.10 Å². The zero-order valence-electron chi connectivity index (χ0n) is 14.1. The highest BCUT2D eigenvalue weighted by Gasteiger charge is 2.18. The van der Waals surface area contributed by atoms with Crippen molar-refractivity contribution in [2.45, 2.75) is 11.0 Å². The molecular weight excluding hydrogens is 324 g/mol. The number of hydrogen-bond donors (Lipinski definition) is 1. The Morgan fingerprint density at radius 2 is 1.36 bits per heavy atom. The molecule has 0 unspecified atom stereocenters. The Morgan fingerprint density at radius 3 is 1.96 bits per heavy atom. The van der Waals surface area contributed by atoms with E-state index in [0.29, 0.717) is 0 Å². The minimum absolute atomic E-state index is 0.00721.